The van der Waals surface area contributed by atoms with Crippen LogP contribution < -0.4 is 15.0 Å². The van der Waals surface area contributed by atoms with Gasteiger partial charge in [0.1, 0.15) is 5.75 Å². The van der Waals surface area contributed by atoms with E-state index >= 15 is 0 Å². The van der Waals surface area contributed by atoms with Crippen LogP contribution in [0.3, 0.4) is 0 Å². The summed E-state index contributed by atoms with van der Waals surface area (Å²) in [5.41, 5.74) is 5.58. The number of carbonyl (C=O) groups is 2. The lowest BCUT2D eigenvalue weighted by Crippen LogP contribution is -2.38. The predicted molar refractivity (Wildman–Crippen MR) is 123 cm³/mol. The molecule has 7 rings (SSSR count). The SMILES string of the molecule is COc1ccc2c(c1)C1C3=C(C(=O)NC3=O)c3c([nH]c4ccccc34)C1N2C1C=C[C@@H](O)C1. The number of hydrogen-bond acceptors (Lipinski definition) is 5. The number of para-hydroxylation sites is 1. The van der Waals surface area contributed by atoms with Gasteiger partial charge in [0.2, 0.25) is 0 Å². The summed E-state index contributed by atoms with van der Waals surface area (Å²) >= 11 is 0. The number of carbonyl (C=O) groups excluding carboxylic acids is 2. The lowest BCUT2D eigenvalue weighted by molar-refractivity contribution is -0.123. The van der Waals surface area contributed by atoms with E-state index in [0.29, 0.717) is 23.3 Å². The summed E-state index contributed by atoms with van der Waals surface area (Å²) in [7, 11) is 1.62. The molecule has 7 heteroatoms. The molecule has 2 aliphatic carbocycles. The quantitative estimate of drug-likeness (QED) is 0.422. The van der Waals surface area contributed by atoms with Gasteiger partial charge in [-0.3, -0.25) is 14.9 Å². The van der Waals surface area contributed by atoms with Crippen molar-refractivity contribution in [1.29, 1.82) is 0 Å². The summed E-state index contributed by atoms with van der Waals surface area (Å²) in [6, 6.07) is 13.5. The lowest BCUT2D eigenvalue weighted by Gasteiger charge is -2.37. The molecular weight excluding hydrogens is 418 g/mol. The second-order valence-electron chi connectivity index (χ2n) is 9.04. The van der Waals surface area contributed by atoms with Crippen molar-refractivity contribution >= 4 is 34.0 Å². The van der Waals surface area contributed by atoms with Crippen molar-refractivity contribution in [2.45, 2.75) is 30.5 Å². The van der Waals surface area contributed by atoms with Gasteiger partial charge in [0.05, 0.1) is 30.9 Å². The molecule has 2 amide bonds. The Bertz CT molecular complexity index is 1450. The maximum Gasteiger partial charge on any atom is 0.259 e. The fourth-order valence-electron chi connectivity index (χ4n) is 6.16. The average Bonchev–Trinajstić information content (AvgIpc) is 3.55. The van der Waals surface area contributed by atoms with Crippen LogP contribution in [0.2, 0.25) is 0 Å². The number of hydrogen-bond donors (Lipinski definition) is 3. The summed E-state index contributed by atoms with van der Waals surface area (Å²) in [6.07, 6.45) is 3.92. The van der Waals surface area contributed by atoms with Crippen LogP contribution in [0.1, 0.15) is 35.2 Å². The number of ether oxygens (including phenoxy) is 1. The highest BCUT2D eigenvalue weighted by Crippen LogP contribution is 2.60. The molecule has 0 radical (unpaired) electrons. The van der Waals surface area contributed by atoms with E-state index in [2.05, 4.69) is 15.2 Å². The number of benzene rings is 2. The molecular formula is C26H21N3O4. The van der Waals surface area contributed by atoms with E-state index in [9.17, 15) is 14.7 Å². The number of anilines is 1. The molecule has 3 N–H and O–H groups in total. The number of aromatic amines is 1. The monoisotopic (exact) mass is 439 g/mol. The van der Waals surface area contributed by atoms with Crippen molar-refractivity contribution < 1.29 is 19.4 Å². The molecule has 0 fully saturated rings. The highest BCUT2D eigenvalue weighted by molar-refractivity contribution is 6.39. The molecule has 0 saturated carbocycles. The molecule has 33 heavy (non-hydrogen) atoms. The number of aromatic nitrogens is 1. The summed E-state index contributed by atoms with van der Waals surface area (Å²) in [5, 5.41) is 13.7. The normalized spacial score (nSPS) is 27.0. The van der Waals surface area contributed by atoms with Crippen molar-refractivity contribution in [3.05, 3.63) is 77.0 Å². The third-order valence-corrected chi connectivity index (χ3v) is 7.42. The Balaban J connectivity index is 1.56. The highest BCUT2D eigenvalue weighted by Gasteiger charge is 2.54. The summed E-state index contributed by atoms with van der Waals surface area (Å²) in [4.78, 5) is 32.1. The predicted octanol–water partition coefficient (Wildman–Crippen LogP) is 2.93. The molecule has 7 nitrogen and oxygen atoms in total. The maximum atomic E-state index is 13.2. The molecule has 3 aromatic rings. The van der Waals surface area contributed by atoms with E-state index in [1.807, 2.05) is 54.6 Å². The molecule has 2 aromatic carbocycles. The van der Waals surface area contributed by atoms with Crippen molar-refractivity contribution in [2.24, 2.45) is 0 Å². The van der Waals surface area contributed by atoms with Gasteiger partial charge in [-0.25, -0.2) is 0 Å². The van der Waals surface area contributed by atoms with Gasteiger partial charge in [0.15, 0.2) is 0 Å². The Morgan fingerprint density at radius 1 is 1.09 bits per heavy atom. The van der Waals surface area contributed by atoms with Crippen LogP contribution in [0.25, 0.3) is 16.5 Å². The van der Waals surface area contributed by atoms with Crippen molar-refractivity contribution in [1.82, 2.24) is 10.3 Å². The first-order valence-electron chi connectivity index (χ1n) is 11.1. The third kappa shape index (κ3) is 2.32. The van der Waals surface area contributed by atoms with Crippen LogP contribution in [0, 0.1) is 0 Å². The standard InChI is InChI=1S/C26H21N3O4/c1-33-14-8-9-18-16(11-14)20-22-21(25(31)28-26(22)32)19-15-4-2-3-5-17(15)27-23(19)24(20)29(18)12-6-7-13(30)10-12/h2-9,11-13,20,24,27,30H,10H2,1H3,(H,28,31,32)/t12?,13-,20?,24?/m1/s1. The number of methoxy groups -OCH3 is 1. The molecule has 4 atom stereocenters. The number of nitrogens with zero attached hydrogens (tertiary/aromatic N) is 1. The Morgan fingerprint density at radius 2 is 1.94 bits per heavy atom. The van der Waals surface area contributed by atoms with Crippen LogP contribution in [0.5, 0.6) is 5.75 Å². The van der Waals surface area contributed by atoms with Gasteiger partial charge < -0.3 is 19.7 Å². The molecule has 3 heterocycles. The van der Waals surface area contributed by atoms with Crippen LogP contribution >= 0.6 is 0 Å². The first kappa shape index (κ1) is 18.7. The zero-order valence-electron chi connectivity index (χ0n) is 17.8. The van der Waals surface area contributed by atoms with Crippen molar-refractivity contribution in [3.8, 4) is 5.75 Å². The smallest absolute Gasteiger partial charge is 0.259 e. The Kier molecular flexibility index (Phi) is 3.60. The van der Waals surface area contributed by atoms with Crippen LogP contribution in [-0.4, -0.2) is 41.2 Å². The molecule has 1 aromatic heterocycles. The van der Waals surface area contributed by atoms with Crippen LogP contribution in [0.4, 0.5) is 5.69 Å². The molecule has 3 unspecified atom stereocenters. The van der Waals surface area contributed by atoms with Gasteiger partial charge in [-0.05, 0) is 29.8 Å². The molecule has 0 bridgehead atoms. The number of H-pyrrole nitrogens is 1. The fraction of sp³-hybridized carbons (Fsp3) is 0.231. The first-order valence-corrected chi connectivity index (χ1v) is 11.1. The van der Waals surface area contributed by atoms with Gasteiger partial charge in [-0.1, -0.05) is 30.4 Å². The molecule has 0 spiro atoms. The molecule has 0 saturated heterocycles. The summed E-state index contributed by atoms with van der Waals surface area (Å²) in [5.74, 6) is -0.314. The van der Waals surface area contributed by atoms with Crippen LogP contribution in [0.15, 0.2) is 60.2 Å². The lowest BCUT2D eigenvalue weighted by atomic mass is 9.76. The number of imide groups is 1. The topological polar surface area (TPSA) is 94.7 Å². The van der Waals surface area contributed by atoms with Gasteiger partial charge in [-0.15, -0.1) is 0 Å². The van der Waals surface area contributed by atoms with E-state index in [1.54, 1.807) is 7.11 Å². The fourth-order valence-corrected chi connectivity index (χ4v) is 6.16. The van der Waals surface area contributed by atoms with E-state index in [0.717, 1.165) is 33.4 Å². The number of rotatable bonds is 2. The zero-order chi connectivity index (χ0) is 22.4. The largest absolute Gasteiger partial charge is 0.497 e. The second-order valence-corrected chi connectivity index (χ2v) is 9.04. The Morgan fingerprint density at radius 3 is 2.73 bits per heavy atom. The minimum absolute atomic E-state index is 0.0382. The van der Waals surface area contributed by atoms with Crippen LogP contribution in [-0.2, 0) is 9.59 Å². The van der Waals surface area contributed by atoms with Gasteiger partial charge in [0, 0.05) is 45.8 Å². The second kappa shape index (κ2) is 6.36. The number of aliphatic hydroxyl groups excluding tert-OH is 1. The number of aliphatic hydroxyl groups is 1. The van der Waals surface area contributed by atoms with E-state index in [4.69, 9.17) is 4.74 Å². The van der Waals surface area contributed by atoms with Gasteiger partial charge in [-0.2, -0.15) is 0 Å². The minimum Gasteiger partial charge on any atom is -0.497 e. The Hall–Kier alpha value is -3.84. The Labute approximate surface area is 189 Å². The summed E-state index contributed by atoms with van der Waals surface area (Å²) < 4.78 is 5.51. The maximum absolute atomic E-state index is 13.2. The number of nitrogens with one attached hydrogen (secondary N) is 2. The van der Waals surface area contributed by atoms with E-state index < -0.39 is 6.10 Å². The average molecular weight is 439 g/mol. The number of fused-ring (bicyclic) bond motifs is 9. The highest BCUT2D eigenvalue weighted by atomic mass is 16.5. The first-order chi connectivity index (χ1) is 16.1. The molecule has 4 aliphatic rings. The van der Waals surface area contributed by atoms with Crippen molar-refractivity contribution in [2.75, 3.05) is 12.0 Å². The van der Waals surface area contributed by atoms with Gasteiger partial charge in [0.25, 0.3) is 11.8 Å². The molecule has 2 aliphatic heterocycles. The van der Waals surface area contributed by atoms with Crippen molar-refractivity contribution in [3.63, 3.8) is 0 Å². The molecule has 164 valence electrons. The van der Waals surface area contributed by atoms with Gasteiger partial charge >= 0.3 is 0 Å². The zero-order valence-corrected chi connectivity index (χ0v) is 17.8. The van der Waals surface area contributed by atoms with E-state index in [1.165, 1.54) is 0 Å². The number of amides is 2. The minimum atomic E-state index is -0.507. The summed E-state index contributed by atoms with van der Waals surface area (Å²) in [6.45, 7) is 0. The van der Waals surface area contributed by atoms with E-state index in [-0.39, 0.29) is 29.8 Å². The third-order valence-electron chi connectivity index (χ3n) is 7.42.